The van der Waals surface area contributed by atoms with E-state index in [0.29, 0.717) is 6.42 Å². The molecule has 1 aromatic rings. The lowest BCUT2D eigenvalue weighted by atomic mass is 9.78. The molecule has 2 rings (SSSR count). The molecule has 1 saturated carbocycles. The van der Waals surface area contributed by atoms with Crippen LogP contribution in [0.3, 0.4) is 0 Å². The molecule has 2 atom stereocenters. The maximum absolute atomic E-state index is 10.4. The van der Waals surface area contributed by atoms with Crippen LogP contribution in [0.25, 0.3) is 0 Å². The summed E-state index contributed by atoms with van der Waals surface area (Å²) < 4.78 is 0. The van der Waals surface area contributed by atoms with Crippen LogP contribution < -0.4 is 0 Å². The molecule has 1 aliphatic carbocycles. The van der Waals surface area contributed by atoms with Crippen molar-refractivity contribution in [3.8, 4) is 0 Å². The summed E-state index contributed by atoms with van der Waals surface area (Å²) in [5.74, 6) is 0. The third-order valence-electron chi connectivity index (χ3n) is 3.01. The predicted molar refractivity (Wildman–Crippen MR) is 54.8 cm³/mol. The van der Waals surface area contributed by atoms with Crippen LogP contribution in [0.15, 0.2) is 30.3 Å². The summed E-state index contributed by atoms with van der Waals surface area (Å²) in [4.78, 5) is 0. The van der Waals surface area contributed by atoms with Crippen LogP contribution in [0.4, 0.5) is 0 Å². The molecule has 14 heavy (non-hydrogen) atoms. The van der Waals surface area contributed by atoms with Crippen LogP contribution >= 0.6 is 0 Å². The molecule has 0 amide bonds. The number of aliphatic hydroxyl groups excluding tert-OH is 1. The van der Waals surface area contributed by atoms with Crippen LogP contribution in [-0.4, -0.2) is 16.3 Å². The Hall–Kier alpha value is -0.860. The van der Waals surface area contributed by atoms with Crippen LogP contribution in [0.2, 0.25) is 0 Å². The Morgan fingerprint density at radius 1 is 1.21 bits per heavy atom. The Kier molecular flexibility index (Phi) is 2.57. The molecular formula is C12H16O2. The number of hydrogen-bond acceptors (Lipinski definition) is 2. The van der Waals surface area contributed by atoms with Gasteiger partial charge in [-0.05, 0) is 24.8 Å². The summed E-state index contributed by atoms with van der Waals surface area (Å²) in [5.41, 5.74) is 0.123. The van der Waals surface area contributed by atoms with Crippen LogP contribution in [0, 0.1) is 0 Å². The summed E-state index contributed by atoms with van der Waals surface area (Å²) in [7, 11) is 0. The summed E-state index contributed by atoms with van der Waals surface area (Å²) >= 11 is 0. The normalized spacial score (nSPS) is 32.9. The average molecular weight is 192 g/mol. The van der Waals surface area contributed by atoms with E-state index >= 15 is 0 Å². The number of aliphatic hydroxyl groups is 2. The van der Waals surface area contributed by atoms with E-state index in [9.17, 15) is 10.2 Å². The molecule has 0 spiro atoms. The Morgan fingerprint density at radius 2 is 1.93 bits per heavy atom. The van der Waals surface area contributed by atoms with Gasteiger partial charge in [0.2, 0.25) is 0 Å². The lowest BCUT2D eigenvalue weighted by molar-refractivity contribution is -0.0498. The second kappa shape index (κ2) is 3.71. The van der Waals surface area contributed by atoms with E-state index in [2.05, 4.69) is 0 Å². The lowest BCUT2D eigenvalue weighted by Gasteiger charge is -2.35. The van der Waals surface area contributed by atoms with Crippen molar-refractivity contribution >= 4 is 0 Å². The molecule has 1 fully saturated rings. The minimum atomic E-state index is -0.807. The molecule has 1 aliphatic rings. The van der Waals surface area contributed by atoms with Crippen LogP contribution in [-0.2, 0) is 5.60 Å². The van der Waals surface area contributed by atoms with Gasteiger partial charge in [0.25, 0.3) is 0 Å². The molecule has 0 radical (unpaired) electrons. The van der Waals surface area contributed by atoms with Crippen LogP contribution in [0.5, 0.6) is 0 Å². The van der Waals surface area contributed by atoms with Gasteiger partial charge in [0.1, 0.15) is 0 Å². The van der Waals surface area contributed by atoms with Gasteiger partial charge in [0, 0.05) is 6.42 Å². The fourth-order valence-corrected chi connectivity index (χ4v) is 2.23. The number of rotatable bonds is 1. The first-order valence-corrected chi connectivity index (χ1v) is 5.17. The quantitative estimate of drug-likeness (QED) is 0.712. The summed E-state index contributed by atoms with van der Waals surface area (Å²) in [6, 6.07) is 9.64. The fraction of sp³-hybridized carbons (Fsp3) is 0.500. The molecule has 2 N–H and O–H groups in total. The maximum atomic E-state index is 10.4. The zero-order valence-corrected chi connectivity index (χ0v) is 8.19. The summed E-state index contributed by atoms with van der Waals surface area (Å²) in [5, 5.41) is 19.9. The molecule has 0 aliphatic heterocycles. The van der Waals surface area contributed by atoms with Crippen molar-refractivity contribution in [3.63, 3.8) is 0 Å². The average Bonchev–Trinajstić information content (AvgIpc) is 2.19. The lowest BCUT2D eigenvalue weighted by Crippen LogP contribution is -2.34. The minimum absolute atomic E-state index is 0.353. The van der Waals surface area contributed by atoms with Gasteiger partial charge in [0.05, 0.1) is 11.7 Å². The van der Waals surface area contributed by atoms with Gasteiger partial charge in [-0.15, -0.1) is 0 Å². The predicted octanol–water partition coefficient (Wildman–Crippen LogP) is 1.81. The Balaban J connectivity index is 2.23. The van der Waals surface area contributed by atoms with Crippen molar-refractivity contribution in [2.75, 3.05) is 0 Å². The molecule has 0 unspecified atom stereocenters. The second-order valence-electron chi connectivity index (χ2n) is 4.15. The number of benzene rings is 1. The second-order valence-corrected chi connectivity index (χ2v) is 4.15. The van der Waals surface area contributed by atoms with Crippen molar-refractivity contribution in [3.05, 3.63) is 35.9 Å². The zero-order valence-electron chi connectivity index (χ0n) is 8.19. The third-order valence-corrected chi connectivity index (χ3v) is 3.01. The van der Waals surface area contributed by atoms with Crippen LogP contribution in [0.1, 0.15) is 31.2 Å². The molecule has 1 aromatic carbocycles. The molecular weight excluding hydrogens is 176 g/mol. The van der Waals surface area contributed by atoms with E-state index < -0.39 is 5.60 Å². The first-order valence-electron chi connectivity index (χ1n) is 5.17. The van der Waals surface area contributed by atoms with Crippen molar-refractivity contribution in [2.24, 2.45) is 0 Å². The standard InChI is InChI=1S/C12H16O2/c13-11-7-4-8-12(14,9-11)10-5-2-1-3-6-10/h1-3,5-6,11,13-14H,4,7-9H2/t11-,12-/m0/s1. The SMILES string of the molecule is O[C@H]1CCC[C@@](O)(c2ccccc2)C1. The number of hydrogen-bond donors (Lipinski definition) is 2. The largest absolute Gasteiger partial charge is 0.393 e. The molecule has 0 saturated heterocycles. The van der Waals surface area contributed by atoms with Crippen molar-refractivity contribution in [1.82, 2.24) is 0 Å². The highest BCUT2D eigenvalue weighted by Crippen LogP contribution is 2.36. The highest BCUT2D eigenvalue weighted by Gasteiger charge is 2.34. The highest BCUT2D eigenvalue weighted by molar-refractivity contribution is 5.22. The van der Waals surface area contributed by atoms with Gasteiger partial charge in [-0.2, -0.15) is 0 Å². The Bertz CT molecular complexity index is 296. The maximum Gasteiger partial charge on any atom is 0.0921 e. The van der Waals surface area contributed by atoms with E-state index in [0.717, 1.165) is 24.8 Å². The first-order chi connectivity index (χ1) is 6.71. The summed E-state index contributed by atoms with van der Waals surface area (Å²) in [6.07, 6.45) is 2.58. The fourth-order valence-electron chi connectivity index (χ4n) is 2.23. The smallest absolute Gasteiger partial charge is 0.0921 e. The topological polar surface area (TPSA) is 40.5 Å². The Labute approximate surface area is 84.2 Å². The van der Waals surface area contributed by atoms with E-state index in [4.69, 9.17) is 0 Å². The third kappa shape index (κ3) is 1.81. The van der Waals surface area contributed by atoms with Gasteiger partial charge in [-0.25, -0.2) is 0 Å². The minimum Gasteiger partial charge on any atom is -0.393 e. The molecule has 0 bridgehead atoms. The van der Waals surface area contributed by atoms with Gasteiger partial charge in [-0.1, -0.05) is 30.3 Å². The van der Waals surface area contributed by atoms with E-state index in [-0.39, 0.29) is 6.10 Å². The van der Waals surface area contributed by atoms with Crippen molar-refractivity contribution in [2.45, 2.75) is 37.4 Å². The molecule has 0 heterocycles. The summed E-state index contributed by atoms with van der Waals surface area (Å²) in [6.45, 7) is 0. The van der Waals surface area contributed by atoms with Crippen molar-refractivity contribution < 1.29 is 10.2 Å². The zero-order chi connectivity index (χ0) is 10.0. The Morgan fingerprint density at radius 3 is 2.57 bits per heavy atom. The molecule has 0 aromatic heterocycles. The highest BCUT2D eigenvalue weighted by atomic mass is 16.3. The van der Waals surface area contributed by atoms with Crippen molar-refractivity contribution in [1.29, 1.82) is 0 Å². The first kappa shape index (κ1) is 9.69. The van der Waals surface area contributed by atoms with Gasteiger partial charge >= 0.3 is 0 Å². The van der Waals surface area contributed by atoms with E-state index in [1.807, 2.05) is 30.3 Å². The van der Waals surface area contributed by atoms with E-state index in [1.54, 1.807) is 0 Å². The molecule has 2 nitrogen and oxygen atoms in total. The van der Waals surface area contributed by atoms with E-state index in [1.165, 1.54) is 0 Å². The molecule has 76 valence electrons. The van der Waals surface area contributed by atoms with Gasteiger partial charge in [-0.3, -0.25) is 0 Å². The van der Waals surface area contributed by atoms with Gasteiger partial charge < -0.3 is 10.2 Å². The van der Waals surface area contributed by atoms with Gasteiger partial charge in [0.15, 0.2) is 0 Å². The monoisotopic (exact) mass is 192 g/mol. The molecule has 2 heteroatoms.